The number of aromatic nitrogens is 1. The molecule has 3 unspecified atom stereocenters. The maximum atomic E-state index is 5.91. The second-order valence-corrected chi connectivity index (χ2v) is 13.9. The normalized spacial score (nSPS) is 23.8. The summed E-state index contributed by atoms with van der Waals surface area (Å²) in [6.45, 7) is 9.56. The number of nitrogens with zero attached hydrogens (tertiary/aromatic N) is 7. The molecule has 7 rings (SSSR count). The number of nitrogens with two attached hydrogens (primary N) is 3. The molecular formula is C40H52N10O4. The van der Waals surface area contributed by atoms with Gasteiger partial charge in [-0.2, -0.15) is 0 Å². The summed E-state index contributed by atoms with van der Waals surface area (Å²) in [6.07, 6.45) is 3.51. The van der Waals surface area contributed by atoms with Gasteiger partial charge in [0, 0.05) is 39.1 Å². The molecule has 0 saturated heterocycles. The Kier molecular flexibility index (Phi) is 12.1. The zero-order valence-electron chi connectivity index (χ0n) is 32.4. The Labute approximate surface area is 317 Å². The Hall–Kier alpha value is -5.70. The molecule has 0 saturated carbocycles. The summed E-state index contributed by atoms with van der Waals surface area (Å²) in [5.74, 6) is 1.97. The standard InChI is InChI=1S/C17H20N4O2.C12H17N3O.C11H15N3O/c1-17(11-23-21(2)16(18)20-17)13-6-4-5-12(9-13)14-10-19-8-7-15(14)22-3;1-9-5-4-6-10(7-9)12(2)8-16-15(3)11(13)14-12;1-11(9-6-4-3-5-7-9)8-15-14(2)10(12)13-11/h4-10H,11H2,1-3H3,(H2,18,20);4-7H,8H2,1-3H3,(H2,13,14);3-7H,8H2,1-2H3,(H2,12,13). The SMILES string of the molecule is CN1OCC(C)(c2ccccc2)N=C1N.COc1ccncc1-c1cccc(C2(C)CON(C)C(N)=N2)c1.Cc1cccc(C2(C)CON(C)C(N)=N2)c1. The lowest BCUT2D eigenvalue weighted by molar-refractivity contribution is -0.113. The van der Waals surface area contributed by atoms with Gasteiger partial charge in [0.2, 0.25) is 17.9 Å². The first-order valence-electron chi connectivity index (χ1n) is 17.5. The number of aryl methyl sites for hydroxylation is 1. The van der Waals surface area contributed by atoms with Crippen LogP contribution in [0.2, 0.25) is 0 Å². The maximum absolute atomic E-state index is 5.91. The van der Waals surface area contributed by atoms with Gasteiger partial charge in [-0.05, 0) is 62.1 Å². The number of rotatable bonds is 5. The maximum Gasteiger partial charge on any atom is 0.216 e. The van der Waals surface area contributed by atoms with Gasteiger partial charge in [-0.3, -0.25) is 19.5 Å². The molecule has 14 heteroatoms. The lowest BCUT2D eigenvalue weighted by Crippen LogP contribution is -2.45. The molecule has 14 nitrogen and oxygen atoms in total. The summed E-state index contributed by atoms with van der Waals surface area (Å²) in [6, 6.07) is 28.3. The van der Waals surface area contributed by atoms with E-state index < -0.39 is 5.54 Å². The highest BCUT2D eigenvalue weighted by Crippen LogP contribution is 2.35. The molecule has 1 aromatic heterocycles. The van der Waals surface area contributed by atoms with Crippen LogP contribution in [-0.2, 0) is 31.1 Å². The lowest BCUT2D eigenvalue weighted by atomic mass is 9.90. The lowest BCUT2D eigenvalue weighted by Gasteiger charge is -2.34. The molecule has 0 radical (unpaired) electrons. The van der Waals surface area contributed by atoms with Crippen molar-refractivity contribution in [3.05, 3.63) is 120 Å². The number of aliphatic imine (C=N–C) groups is 3. The van der Waals surface area contributed by atoms with E-state index >= 15 is 0 Å². The van der Waals surface area contributed by atoms with Gasteiger partial charge < -0.3 is 21.9 Å². The third-order valence-electron chi connectivity index (χ3n) is 9.50. The molecule has 3 aliphatic rings. The van der Waals surface area contributed by atoms with E-state index in [0.29, 0.717) is 37.7 Å². The molecule has 0 bridgehead atoms. The smallest absolute Gasteiger partial charge is 0.216 e. The van der Waals surface area contributed by atoms with Gasteiger partial charge in [-0.15, -0.1) is 0 Å². The molecule has 54 heavy (non-hydrogen) atoms. The minimum atomic E-state index is -0.526. The fourth-order valence-electron chi connectivity index (χ4n) is 5.95. The fourth-order valence-corrected chi connectivity index (χ4v) is 5.95. The molecule has 3 aliphatic heterocycles. The fraction of sp³-hybridized carbons (Fsp3) is 0.350. The number of guanidine groups is 3. The Bertz CT molecular complexity index is 1990. The molecule has 0 spiro atoms. The van der Waals surface area contributed by atoms with Crippen molar-refractivity contribution >= 4 is 17.9 Å². The Balaban J connectivity index is 0.000000161. The van der Waals surface area contributed by atoms with Crippen LogP contribution in [0.1, 0.15) is 43.0 Å². The predicted octanol–water partition coefficient (Wildman–Crippen LogP) is 4.66. The van der Waals surface area contributed by atoms with Crippen LogP contribution in [0.25, 0.3) is 11.1 Å². The van der Waals surface area contributed by atoms with Crippen molar-refractivity contribution in [3.63, 3.8) is 0 Å². The van der Waals surface area contributed by atoms with Crippen LogP contribution in [0.5, 0.6) is 5.75 Å². The highest BCUT2D eigenvalue weighted by atomic mass is 16.7. The predicted molar refractivity (Wildman–Crippen MR) is 212 cm³/mol. The molecule has 6 N–H and O–H groups in total. The topological polar surface area (TPSA) is 175 Å². The van der Waals surface area contributed by atoms with Crippen LogP contribution < -0.4 is 21.9 Å². The Morgan fingerprint density at radius 3 is 1.56 bits per heavy atom. The molecule has 3 aromatic carbocycles. The minimum absolute atomic E-state index is 0.364. The number of benzene rings is 3. The zero-order chi connectivity index (χ0) is 39.1. The number of hydrogen-bond acceptors (Lipinski definition) is 14. The Morgan fingerprint density at radius 1 is 0.611 bits per heavy atom. The van der Waals surface area contributed by atoms with Crippen molar-refractivity contribution in [3.8, 4) is 16.9 Å². The quantitative estimate of drug-likeness (QED) is 0.260. The van der Waals surface area contributed by atoms with Gasteiger partial charge >= 0.3 is 0 Å². The van der Waals surface area contributed by atoms with Crippen molar-refractivity contribution in [1.29, 1.82) is 0 Å². The van der Waals surface area contributed by atoms with Gasteiger partial charge in [-0.25, -0.2) is 30.2 Å². The number of methoxy groups -OCH3 is 1. The number of pyridine rings is 1. The summed E-state index contributed by atoms with van der Waals surface area (Å²) in [5, 5.41) is 4.47. The van der Waals surface area contributed by atoms with E-state index in [2.05, 4.69) is 51.2 Å². The highest BCUT2D eigenvalue weighted by Gasteiger charge is 2.34. The average Bonchev–Trinajstić information content (AvgIpc) is 3.17. The summed E-state index contributed by atoms with van der Waals surface area (Å²) in [4.78, 5) is 34.3. The van der Waals surface area contributed by atoms with Gasteiger partial charge in [0.1, 0.15) is 42.2 Å². The van der Waals surface area contributed by atoms with E-state index in [9.17, 15) is 0 Å². The summed E-state index contributed by atoms with van der Waals surface area (Å²) in [7, 11) is 6.91. The van der Waals surface area contributed by atoms with Crippen LogP contribution >= 0.6 is 0 Å². The largest absolute Gasteiger partial charge is 0.496 e. The molecule has 0 fully saturated rings. The van der Waals surface area contributed by atoms with Crippen LogP contribution in [0.4, 0.5) is 0 Å². The van der Waals surface area contributed by atoms with Gasteiger partial charge in [0.15, 0.2) is 0 Å². The first-order chi connectivity index (χ1) is 25.7. The van der Waals surface area contributed by atoms with Crippen molar-refractivity contribution in [1.82, 2.24) is 20.2 Å². The molecule has 4 heterocycles. The van der Waals surface area contributed by atoms with Crippen LogP contribution in [0, 0.1) is 6.92 Å². The summed E-state index contributed by atoms with van der Waals surface area (Å²) < 4.78 is 5.42. The molecule has 0 aliphatic carbocycles. The minimum Gasteiger partial charge on any atom is -0.496 e. The number of hydrogen-bond donors (Lipinski definition) is 3. The van der Waals surface area contributed by atoms with E-state index in [-0.39, 0.29) is 11.1 Å². The third-order valence-corrected chi connectivity index (χ3v) is 9.50. The van der Waals surface area contributed by atoms with Gasteiger partial charge in [0.05, 0.1) is 7.11 Å². The molecule has 286 valence electrons. The molecule has 4 aromatic rings. The first kappa shape index (κ1) is 39.5. The van der Waals surface area contributed by atoms with Crippen molar-refractivity contribution in [2.45, 2.75) is 44.3 Å². The van der Waals surface area contributed by atoms with Crippen molar-refractivity contribution in [2.24, 2.45) is 32.2 Å². The van der Waals surface area contributed by atoms with E-state index in [0.717, 1.165) is 33.6 Å². The third kappa shape index (κ3) is 9.08. The van der Waals surface area contributed by atoms with Crippen LogP contribution in [0.3, 0.4) is 0 Å². The zero-order valence-corrected chi connectivity index (χ0v) is 32.4. The van der Waals surface area contributed by atoms with E-state index in [1.54, 1.807) is 40.6 Å². The van der Waals surface area contributed by atoms with Crippen molar-refractivity contribution < 1.29 is 19.2 Å². The number of ether oxygens (including phenoxy) is 1. The summed E-state index contributed by atoms with van der Waals surface area (Å²) >= 11 is 0. The average molecular weight is 737 g/mol. The second kappa shape index (κ2) is 16.5. The van der Waals surface area contributed by atoms with Crippen LogP contribution in [0.15, 0.2) is 112 Å². The van der Waals surface area contributed by atoms with E-state index in [1.165, 1.54) is 20.8 Å². The van der Waals surface area contributed by atoms with Crippen LogP contribution in [-0.4, -0.2) is 86.1 Å². The monoisotopic (exact) mass is 736 g/mol. The highest BCUT2D eigenvalue weighted by molar-refractivity contribution is 5.79. The molecule has 0 amide bonds. The first-order valence-corrected chi connectivity index (χ1v) is 17.5. The van der Waals surface area contributed by atoms with Gasteiger partial charge in [0.25, 0.3) is 0 Å². The van der Waals surface area contributed by atoms with Gasteiger partial charge in [-0.1, -0.05) is 78.4 Å². The van der Waals surface area contributed by atoms with E-state index in [1.807, 2.05) is 81.4 Å². The Morgan fingerprint density at radius 2 is 1.07 bits per heavy atom. The van der Waals surface area contributed by atoms with E-state index in [4.69, 9.17) is 36.5 Å². The summed E-state index contributed by atoms with van der Waals surface area (Å²) in [5.41, 5.74) is 22.6. The number of hydroxylamine groups is 6. The molecular weight excluding hydrogens is 685 g/mol. The van der Waals surface area contributed by atoms with Crippen molar-refractivity contribution in [2.75, 3.05) is 48.1 Å². The second-order valence-electron chi connectivity index (χ2n) is 13.9. The molecule has 3 atom stereocenters.